The molecule has 1 amide bonds. The number of sulfonamides is 1. The van der Waals surface area contributed by atoms with Gasteiger partial charge < -0.3 is 5.32 Å². The van der Waals surface area contributed by atoms with Crippen LogP contribution >= 0.6 is 0 Å². The van der Waals surface area contributed by atoms with Crippen molar-refractivity contribution in [3.05, 3.63) is 28.8 Å². The molecule has 1 aliphatic rings. The smallest absolute Gasteiger partial charge is 0.243 e. The SMILES string of the molecule is CC[C@H](C)NC(=O)[C@@H]1CCCN(S(=O)(=O)c2c(C)cc(C)cc2C)C1. The van der Waals surface area contributed by atoms with E-state index in [4.69, 9.17) is 0 Å². The Kier molecular flexibility index (Phi) is 6.27. The zero-order chi connectivity index (χ0) is 18.8. The van der Waals surface area contributed by atoms with E-state index in [1.807, 2.05) is 46.8 Å². The van der Waals surface area contributed by atoms with E-state index >= 15 is 0 Å². The molecule has 0 spiro atoms. The first-order valence-corrected chi connectivity index (χ1v) is 10.5. The first-order chi connectivity index (χ1) is 11.7. The maximum Gasteiger partial charge on any atom is 0.243 e. The number of hydrogen-bond acceptors (Lipinski definition) is 3. The molecular formula is C19H30N2O3S. The summed E-state index contributed by atoms with van der Waals surface area (Å²) in [5.74, 6) is -0.310. The largest absolute Gasteiger partial charge is 0.353 e. The minimum absolute atomic E-state index is 0.0356. The lowest BCUT2D eigenvalue weighted by atomic mass is 9.98. The highest BCUT2D eigenvalue weighted by atomic mass is 32.2. The molecule has 25 heavy (non-hydrogen) atoms. The summed E-state index contributed by atoms with van der Waals surface area (Å²) in [6, 6.07) is 3.91. The van der Waals surface area contributed by atoms with E-state index in [0.717, 1.165) is 29.5 Å². The summed E-state index contributed by atoms with van der Waals surface area (Å²) in [5.41, 5.74) is 2.59. The molecule has 1 aliphatic heterocycles. The zero-order valence-corrected chi connectivity index (χ0v) is 16.7. The molecule has 1 aromatic carbocycles. The van der Waals surface area contributed by atoms with Crippen LogP contribution in [0, 0.1) is 26.7 Å². The number of carbonyl (C=O) groups is 1. The number of piperidine rings is 1. The van der Waals surface area contributed by atoms with Crippen molar-refractivity contribution in [3.63, 3.8) is 0 Å². The van der Waals surface area contributed by atoms with Gasteiger partial charge in [-0.05, 0) is 58.1 Å². The van der Waals surface area contributed by atoms with Crippen LogP contribution in [-0.2, 0) is 14.8 Å². The normalized spacial score (nSPS) is 20.3. The summed E-state index contributed by atoms with van der Waals surface area (Å²) >= 11 is 0. The summed E-state index contributed by atoms with van der Waals surface area (Å²) in [7, 11) is -3.59. The van der Waals surface area contributed by atoms with Gasteiger partial charge in [-0.15, -0.1) is 0 Å². The molecule has 1 aromatic rings. The fourth-order valence-electron chi connectivity index (χ4n) is 3.54. The molecule has 6 heteroatoms. The number of rotatable bonds is 5. The van der Waals surface area contributed by atoms with Gasteiger partial charge in [-0.1, -0.05) is 24.6 Å². The van der Waals surface area contributed by atoms with E-state index in [9.17, 15) is 13.2 Å². The number of amides is 1. The van der Waals surface area contributed by atoms with Gasteiger partial charge in [0.2, 0.25) is 15.9 Å². The second-order valence-corrected chi connectivity index (χ2v) is 9.12. The van der Waals surface area contributed by atoms with Crippen LogP contribution in [0.4, 0.5) is 0 Å². The highest BCUT2D eigenvalue weighted by Crippen LogP contribution is 2.29. The molecule has 1 N–H and O–H groups in total. The molecule has 1 heterocycles. The molecule has 0 unspecified atom stereocenters. The Morgan fingerprint density at radius 1 is 1.28 bits per heavy atom. The number of nitrogens with one attached hydrogen (secondary N) is 1. The Bertz CT molecular complexity index is 720. The van der Waals surface area contributed by atoms with Gasteiger partial charge in [0, 0.05) is 19.1 Å². The predicted molar refractivity (Wildman–Crippen MR) is 100 cm³/mol. The van der Waals surface area contributed by atoms with Crippen LogP contribution in [-0.4, -0.2) is 37.8 Å². The number of hydrogen-bond donors (Lipinski definition) is 1. The van der Waals surface area contributed by atoms with E-state index in [-0.39, 0.29) is 24.4 Å². The Balaban J connectivity index is 2.24. The fourth-order valence-corrected chi connectivity index (χ4v) is 5.48. The Labute approximate surface area is 151 Å². The minimum Gasteiger partial charge on any atom is -0.353 e. The van der Waals surface area contributed by atoms with Crippen LogP contribution in [0.1, 0.15) is 49.8 Å². The third-order valence-corrected chi connectivity index (χ3v) is 7.13. The molecule has 1 fully saturated rings. The lowest BCUT2D eigenvalue weighted by molar-refractivity contribution is -0.126. The zero-order valence-electron chi connectivity index (χ0n) is 15.9. The van der Waals surface area contributed by atoms with Crippen LogP contribution in [0.25, 0.3) is 0 Å². The number of aryl methyl sites for hydroxylation is 3. The highest BCUT2D eigenvalue weighted by Gasteiger charge is 2.35. The average Bonchev–Trinajstić information content (AvgIpc) is 2.53. The van der Waals surface area contributed by atoms with Crippen molar-refractivity contribution in [2.45, 2.75) is 64.8 Å². The van der Waals surface area contributed by atoms with Crippen molar-refractivity contribution >= 4 is 15.9 Å². The highest BCUT2D eigenvalue weighted by molar-refractivity contribution is 7.89. The van der Waals surface area contributed by atoms with Crippen molar-refractivity contribution in [2.24, 2.45) is 5.92 Å². The van der Waals surface area contributed by atoms with Crippen LogP contribution in [0.3, 0.4) is 0 Å². The maximum absolute atomic E-state index is 13.2. The second-order valence-electron chi connectivity index (χ2n) is 7.25. The molecule has 0 aliphatic carbocycles. The van der Waals surface area contributed by atoms with Crippen molar-refractivity contribution in [1.82, 2.24) is 9.62 Å². The van der Waals surface area contributed by atoms with E-state index in [2.05, 4.69) is 5.32 Å². The van der Waals surface area contributed by atoms with Gasteiger partial charge in [-0.3, -0.25) is 4.79 Å². The van der Waals surface area contributed by atoms with Crippen LogP contribution in [0.15, 0.2) is 17.0 Å². The van der Waals surface area contributed by atoms with Gasteiger partial charge in [0.1, 0.15) is 0 Å². The fraction of sp³-hybridized carbons (Fsp3) is 0.632. The first-order valence-electron chi connectivity index (χ1n) is 9.05. The van der Waals surface area contributed by atoms with Crippen LogP contribution < -0.4 is 5.32 Å². The molecule has 0 bridgehead atoms. The quantitative estimate of drug-likeness (QED) is 0.871. The number of nitrogens with zero attached hydrogens (tertiary/aromatic N) is 1. The Morgan fingerprint density at radius 3 is 2.44 bits per heavy atom. The molecule has 140 valence electrons. The minimum atomic E-state index is -3.59. The monoisotopic (exact) mass is 366 g/mol. The number of benzene rings is 1. The van der Waals surface area contributed by atoms with Crippen molar-refractivity contribution in [1.29, 1.82) is 0 Å². The third kappa shape index (κ3) is 4.42. The number of carbonyl (C=O) groups excluding carboxylic acids is 1. The van der Waals surface area contributed by atoms with Gasteiger partial charge in [0.25, 0.3) is 0 Å². The van der Waals surface area contributed by atoms with E-state index in [0.29, 0.717) is 17.9 Å². The molecule has 5 nitrogen and oxygen atoms in total. The molecule has 0 aromatic heterocycles. The standard InChI is InChI=1S/C19H30N2O3S/c1-6-16(5)20-19(22)17-8-7-9-21(12-17)25(23,24)18-14(3)10-13(2)11-15(18)4/h10-11,16-17H,6-9,12H2,1-5H3,(H,20,22)/t16-,17+/m0/s1. The summed E-state index contributed by atoms with van der Waals surface area (Å²) in [5, 5.41) is 2.98. The molecule has 1 saturated heterocycles. The molecule has 2 atom stereocenters. The Morgan fingerprint density at radius 2 is 1.88 bits per heavy atom. The van der Waals surface area contributed by atoms with Gasteiger partial charge in [0.15, 0.2) is 0 Å². The average molecular weight is 367 g/mol. The second kappa shape index (κ2) is 7.87. The van der Waals surface area contributed by atoms with Gasteiger partial charge in [-0.25, -0.2) is 8.42 Å². The van der Waals surface area contributed by atoms with Gasteiger partial charge in [0.05, 0.1) is 10.8 Å². The summed E-state index contributed by atoms with van der Waals surface area (Å²) < 4.78 is 27.8. The predicted octanol–water partition coefficient (Wildman–Crippen LogP) is 2.93. The topological polar surface area (TPSA) is 66.5 Å². The van der Waals surface area contributed by atoms with Gasteiger partial charge >= 0.3 is 0 Å². The van der Waals surface area contributed by atoms with Crippen molar-refractivity contribution in [3.8, 4) is 0 Å². The van der Waals surface area contributed by atoms with Gasteiger partial charge in [-0.2, -0.15) is 4.31 Å². The maximum atomic E-state index is 13.2. The molecule has 0 radical (unpaired) electrons. The lowest BCUT2D eigenvalue weighted by Gasteiger charge is -2.32. The van der Waals surface area contributed by atoms with E-state index in [1.54, 1.807) is 0 Å². The Hall–Kier alpha value is -1.40. The summed E-state index contributed by atoms with van der Waals surface area (Å²) in [6.45, 7) is 10.4. The van der Waals surface area contributed by atoms with Crippen LogP contribution in [0.5, 0.6) is 0 Å². The third-order valence-electron chi connectivity index (χ3n) is 4.96. The lowest BCUT2D eigenvalue weighted by Crippen LogP contribution is -2.47. The van der Waals surface area contributed by atoms with Crippen LogP contribution in [0.2, 0.25) is 0 Å². The van der Waals surface area contributed by atoms with E-state index in [1.165, 1.54) is 4.31 Å². The van der Waals surface area contributed by atoms with Crippen molar-refractivity contribution < 1.29 is 13.2 Å². The van der Waals surface area contributed by atoms with Crippen molar-refractivity contribution in [2.75, 3.05) is 13.1 Å². The molecular weight excluding hydrogens is 336 g/mol. The van der Waals surface area contributed by atoms with E-state index < -0.39 is 10.0 Å². The summed E-state index contributed by atoms with van der Waals surface area (Å²) in [6.07, 6.45) is 2.31. The molecule has 0 saturated carbocycles. The summed E-state index contributed by atoms with van der Waals surface area (Å²) in [4.78, 5) is 12.8. The molecule has 2 rings (SSSR count). The first kappa shape index (κ1) is 19.9.